The van der Waals surface area contributed by atoms with Gasteiger partial charge in [-0.3, -0.25) is 14.9 Å². The molecule has 244 valence electrons. The van der Waals surface area contributed by atoms with Gasteiger partial charge in [-0.25, -0.2) is 9.69 Å². The lowest BCUT2D eigenvalue weighted by Gasteiger charge is -2.44. The average Bonchev–Trinajstić information content (AvgIpc) is 3.10. The monoisotopic (exact) mass is 705 g/mol. The first-order chi connectivity index (χ1) is 23.4. The van der Waals surface area contributed by atoms with E-state index in [9.17, 15) is 14.4 Å². The molecule has 0 bridgehead atoms. The number of urea groups is 1. The van der Waals surface area contributed by atoms with Crippen molar-refractivity contribution >= 4 is 51.2 Å². The van der Waals surface area contributed by atoms with Crippen LogP contribution >= 0.6 is 15.9 Å². The number of carbonyl (C=O) groups is 3. The maximum absolute atomic E-state index is 14.2. The number of rotatable bonds is 8. The zero-order valence-corrected chi connectivity index (χ0v) is 28.5. The Bertz CT molecular complexity index is 1850. The number of nitrogens with one attached hydrogen (secondary N) is 1. The van der Waals surface area contributed by atoms with Crippen molar-refractivity contribution in [2.45, 2.75) is 38.0 Å². The molecule has 48 heavy (non-hydrogen) atoms. The van der Waals surface area contributed by atoms with Gasteiger partial charge in [0.1, 0.15) is 5.57 Å². The third-order valence-corrected chi connectivity index (χ3v) is 9.96. The largest absolute Gasteiger partial charge is 0.493 e. The van der Waals surface area contributed by atoms with Gasteiger partial charge in [0.2, 0.25) is 0 Å². The SMILES string of the molecule is CCCOc1c(Br)cc(/C=C2\C(=O)NC(=O)N(c3cc4c5c(c3)[C@H](c3ccccc3)CCN5CC[C@H]4c3ccccc3)C2=O)cc1OC. The van der Waals surface area contributed by atoms with Gasteiger partial charge in [0, 0.05) is 30.6 Å². The zero-order valence-electron chi connectivity index (χ0n) is 26.9. The predicted molar refractivity (Wildman–Crippen MR) is 190 cm³/mol. The molecule has 4 amide bonds. The third-order valence-electron chi connectivity index (χ3n) is 9.37. The van der Waals surface area contributed by atoms with E-state index in [1.54, 1.807) is 12.1 Å². The second kappa shape index (κ2) is 13.3. The summed E-state index contributed by atoms with van der Waals surface area (Å²) < 4.78 is 12.0. The van der Waals surface area contributed by atoms with Crippen molar-refractivity contribution in [3.05, 3.63) is 123 Å². The number of hydrogen-bond donors (Lipinski definition) is 1. The molecule has 0 aromatic heterocycles. The van der Waals surface area contributed by atoms with E-state index in [1.807, 2.05) is 55.5 Å². The summed E-state index contributed by atoms with van der Waals surface area (Å²) in [5, 5.41) is 2.42. The Morgan fingerprint density at radius 1 is 0.875 bits per heavy atom. The fraction of sp³-hybridized carbons (Fsp3) is 0.256. The van der Waals surface area contributed by atoms with Crippen molar-refractivity contribution < 1.29 is 23.9 Å². The molecule has 2 atom stereocenters. The standard InChI is InChI=1S/C39H36BrN3O5/c1-3-18-48-36-33(40)20-24(21-34(36)47-2)19-32-37(44)41-39(46)43(38(32)45)27-22-30-28(25-10-6-4-7-11-25)14-16-42-17-15-29(31(23-27)35(30)42)26-12-8-5-9-13-26/h4-13,19-23,28-29H,3,14-18H2,1-2H3,(H,41,44,46)/b32-19+/t28-,29-/m0/s1. The number of carbonyl (C=O) groups excluding carboxylic acids is 3. The van der Waals surface area contributed by atoms with Crippen LogP contribution in [0.3, 0.4) is 0 Å². The number of ether oxygens (including phenoxy) is 2. The fourth-order valence-electron chi connectivity index (χ4n) is 7.19. The van der Waals surface area contributed by atoms with Crippen LogP contribution in [0.2, 0.25) is 0 Å². The number of amides is 4. The van der Waals surface area contributed by atoms with Crippen molar-refractivity contribution in [1.82, 2.24) is 5.32 Å². The number of imide groups is 2. The number of benzene rings is 4. The molecule has 0 aliphatic carbocycles. The first-order valence-electron chi connectivity index (χ1n) is 16.3. The van der Waals surface area contributed by atoms with Crippen molar-refractivity contribution in [3.8, 4) is 11.5 Å². The molecule has 0 unspecified atom stereocenters. The van der Waals surface area contributed by atoms with Gasteiger partial charge in [-0.15, -0.1) is 0 Å². The van der Waals surface area contributed by atoms with Crippen molar-refractivity contribution in [2.75, 3.05) is 36.6 Å². The summed E-state index contributed by atoms with van der Waals surface area (Å²) in [6, 6.07) is 27.4. The molecular weight excluding hydrogens is 670 g/mol. The summed E-state index contributed by atoms with van der Waals surface area (Å²) in [4.78, 5) is 44.6. The Kier molecular flexibility index (Phi) is 8.79. The van der Waals surface area contributed by atoms with Gasteiger partial charge in [-0.2, -0.15) is 0 Å². The van der Waals surface area contributed by atoms with Gasteiger partial charge < -0.3 is 14.4 Å². The lowest BCUT2D eigenvalue weighted by molar-refractivity contribution is -0.122. The number of halogens is 1. The first kappa shape index (κ1) is 31.7. The van der Waals surface area contributed by atoms with Crippen molar-refractivity contribution in [2.24, 2.45) is 0 Å². The zero-order chi connectivity index (χ0) is 33.4. The van der Waals surface area contributed by atoms with E-state index in [2.05, 4.69) is 50.4 Å². The smallest absolute Gasteiger partial charge is 0.335 e. The van der Waals surface area contributed by atoms with Crippen LogP contribution < -0.4 is 24.6 Å². The van der Waals surface area contributed by atoms with Crippen LogP contribution in [0.5, 0.6) is 11.5 Å². The van der Waals surface area contributed by atoms with E-state index >= 15 is 0 Å². The molecule has 4 aromatic rings. The van der Waals surface area contributed by atoms with Crippen LogP contribution in [0, 0.1) is 0 Å². The summed E-state index contributed by atoms with van der Waals surface area (Å²) in [5.41, 5.74) is 6.55. The summed E-state index contributed by atoms with van der Waals surface area (Å²) in [5.74, 6) is -0.271. The molecule has 0 spiro atoms. The molecule has 0 saturated carbocycles. The quantitative estimate of drug-likeness (QED) is 0.149. The number of barbiturate groups is 1. The van der Waals surface area contributed by atoms with Gasteiger partial charge in [-0.05, 0) is 93.4 Å². The van der Waals surface area contributed by atoms with Gasteiger partial charge in [-0.1, -0.05) is 67.6 Å². The van der Waals surface area contributed by atoms with Crippen LogP contribution in [0.25, 0.3) is 6.08 Å². The maximum Gasteiger partial charge on any atom is 0.335 e. The number of nitrogens with zero attached hydrogens (tertiary/aromatic N) is 2. The van der Waals surface area contributed by atoms with Gasteiger partial charge in [0.25, 0.3) is 11.8 Å². The Morgan fingerprint density at radius 2 is 1.48 bits per heavy atom. The minimum atomic E-state index is -0.771. The van der Waals surface area contributed by atoms with Crippen LogP contribution in [-0.2, 0) is 9.59 Å². The number of anilines is 2. The Balaban J connectivity index is 1.35. The molecule has 3 aliphatic rings. The molecule has 1 fully saturated rings. The van der Waals surface area contributed by atoms with Crippen LogP contribution in [0.15, 0.2) is 95.0 Å². The van der Waals surface area contributed by atoms with Gasteiger partial charge in [0.15, 0.2) is 11.5 Å². The Hall–Kier alpha value is -4.89. The van der Waals surface area contributed by atoms with E-state index in [1.165, 1.54) is 30.0 Å². The number of hydrogen-bond acceptors (Lipinski definition) is 6. The molecule has 8 nitrogen and oxygen atoms in total. The lowest BCUT2D eigenvalue weighted by atomic mass is 9.76. The third kappa shape index (κ3) is 5.76. The summed E-state index contributed by atoms with van der Waals surface area (Å²) in [6.07, 6.45) is 4.13. The molecule has 3 heterocycles. The molecule has 0 radical (unpaired) electrons. The van der Waals surface area contributed by atoms with Crippen LogP contribution in [-0.4, -0.2) is 44.7 Å². The van der Waals surface area contributed by atoms with E-state index < -0.39 is 17.8 Å². The maximum atomic E-state index is 14.2. The topological polar surface area (TPSA) is 88.2 Å². The predicted octanol–water partition coefficient (Wildman–Crippen LogP) is 7.79. The lowest BCUT2D eigenvalue weighted by Crippen LogP contribution is -2.54. The van der Waals surface area contributed by atoms with Gasteiger partial charge >= 0.3 is 6.03 Å². The van der Waals surface area contributed by atoms with Crippen molar-refractivity contribution in [1.29, 1.82) is 0 Å². The fourth-order valence-corrected chi connectivity index (χ4v) is 7.77. The molecule has 3 aliphatic heterocycles. The molecule has 4 aromatic carbocycles. The van der Waals surface area contributed by atoms with E-state index in [-0.39, 0.29) is 17.4 Å². The summed E-state index contributed by atoms with van der Waals surface area (Å²) in [7, 11) is 1.53. The highest BCUT2D eigenvalue weighted by molar-refractivity contribution is 9.10. The molecular formula is C39H36BrN3O5. The molecule has 1 N–H and O–H groups in total. The highest BCUT2D eigenvalue weighted by Crippen LogP contribution is 2.50. The minimum Gasteiger partial charge on any atom is -0.493 e. The highest BCUT2D eigenvalue weighted by atomic mass is 79.9. The van der Waals surface area contributed by atoms with E-state index in [0.29, 0.717) is 33.8 Å². The normalized spacial score (nSPS) is 19.6. The van der Waals surface area contributed by atoms with Gasteiger partial charge in [0.05, 0.1) is 23.9 Å². The average molecular weight is 707 g/mol. The number of methoxy groups -OCH3 is 1. The molecule has 9 heteroatoms. The van der Waals surface area contributed by atoms with Crippen LogP contribution in [0.4, 0.5) is 16.2 Å². The van der Waals surface area contributed by atoms with E-state index in [0.717, 1.165) is 48.4 Å². The summed E-state index contributed by atoms with van der Waals surface area (Å²) >= 11 is 3.54. The summed E-state index contributed by atoms with van der Waals surface area (Å²) in [6.45, 7) is 4.36. The second-order valence-corrected chi connectivity index (χ2v) is 13.2. The Morgan fingerprint density at radius 3 is 2.04 bits per heavy atom. The Labute approximate surface area is 288 Å². The van der Waals surface area contributed by atoms with E-state index in [4.69, 9.17) is 9.47 Å². The molecule has 7 rings (SSSR count). The minimum absolute atomic E-state index is 0.0866. The molecule has 1 saturated heterocycles. The van der Waals surface area contributed by atoms with Crippen molar-refractivity contribution in [3.63, 3.8) is 0 Å². The second-order valence-electron chi connectivity index (χ2n) is 12.3. The van der Waals surface area contributed by atoms with Crippen LogP contribution in [0.1, 0.15) is 65.8 Å². The highest BCUT2D eigenvalue weighted by Gasteiger charge is 2.40. The first-order valence-corrected chi connectivity index (χ1v) is 17.1.